The number of nitrogens with one attached hydrogen (secondary N) is 2. The van der Waals surface area contributed by atoms with Gasteiger partial charge in [0.2, 0.25) is 0 Å². The molecule has 0 bridgehead atoms. The first-order valence-corrected chi connectivity index (χ1v) is 12.6. The molecule has 2 heterocycles. The summed E-state index contributed by atoms with van der Waals surface area (Å²) >= 11 is 7.11. The highest BCUT2D eigenvalue weighted by atomic mass is 35.5. The molecule has 1 aromatic heterocycles. The summed E-state index contributed by atoms with van der Waals surface area (Å²) in [4.78, 5) is 29.1. The summed E-state index contributed by atoms with van der Waals surface area (Å²) < 4.78 is 30.7. The van der Waals surface area contributed by atoms with Gasteiger partial charge >= 0.3 is 6.03 Å². The van der Waals surface area contributed by atoms with Crippen LogP contribution in [0, 0.1) is 5.82 Å². The second-order valence-corrected chi connectivity index (χ2v) is 10.6. The molecule has 12 heteroatoms. The predicted octanol–water partition coefficient (Wildman–Crippen LogP) is 3.96. The van der Waals surface area contributed by atoms with Crippen LogP contribution < -0.4 is 21.3 Å². The summed E-state index contributed by atoms with van der Waals surface area (Å²) in [6, 6.07) is 9.79. The fourth-order valence-electron chi connectivity index (χ4n) is 3.31. The zero-order valence-corrected chi connectivity index (χ0v) is 20.6. The molecule has 2 unspecified atom stereocenters. The van der Waals surface area contributed by atoms with E-state index in [9.17, 15) is 18.2 Å². The quantitative estimate of drug-likeness (QED) is 0.261. The standard InChI is InChI=1S/C23H19ClFN5O3S2/c1-27-21(26)14-5-7-16-13(11-14)9-10-30(22(16)31)18-8-6-15(12-17(18)25)28-23(32)29-35(33)20-4-2-3-19(24)34-20/h2-12,19H,1H3,(H2,26,27)(H2,28,29,32). The molecule has 3 aromatic rings. The van der Waals surface area contributed by atoms with Crippen molar-refractivity contribution in [1.29, 1.82) is 0 Å². The monoisotopic (exact) mass is 531 g/mol. The molecule has 0 saturated heterocycles. The van der Waals surface area contributed by atoms with Crippen LogP contribution in [0.4, 0.5) is 14.9 Å². The largest absolute Gasteiger partial charge is 0.384 e. The number of aromatic nitrogens is 1. The molecule has 0 fully saturated rings. The van der Waals surface area contributed by atoms with E-state index in [4.69, 9.17) is 17.3 Å². The lowest BCUT2D eigenvalue weighted by Crippen LogP contribution is -2.31. The number of hydrogen-bond acceptors (Lipinski definition) is 5. The van der Waals surface area contributed by atoms with Crippen LogP contribution in [-0.2, 0) is 11.0 Å². The molecular weight excluding hydrogens is 513 g/mol. The van der Waals surface area contributed by atoms with Gasteiger partial charge in [0.05, 0.1) is 9.92 Å². The molecular formula is C23H19ClFN5O3S2. The van der Waals surface area contributed by atoms with Crippen LogP contribution in [-0.4, -0.2) is 32.4 Å². The lowest BCUT2D eigenvalue weighted by Gasteiger charge is -2.14. The number of amidine groups is 1. The SMILES string of the molecule is CN=C(N)c1ccc2c(=O)n(-c3ccc(NC(=O)NS(=O)C4=CC=CC(Cl)S4)cc3F)ccc2c1. The Balaban J connectivity index is 1.53. The molecule has 1 aliphatic heterocycles. The third-order valence-electron chi connectivity index (χ3n) is 5.00. The Morgan fingerprint density at radius 2 is 2.06 bits per heavy atom. The Bertz CT molecular complexity index is 1500. The summed E-state index contributed by atoms with van der Waals surface area (Å²) in [5.41, 5.74) is 6.22. The van der Waals surface area contributed by atoms with Crippen LogP contribution in [0.1, 0.15) is 5.56 Å². The fraction of sp³-hybridized carbons (Fsp3) is 0.0870. The van der Waals surface area contributed by atoms with E-state index in [1.165, 1.54) is 22.9 Å². The molecule has 0 saturated carbocycles. The molecule has 4 N–H and O–H groups in total. The molecule has 0 spiro atoms. The van der Waals surface area contributed by atoms with Gasteiger partial charge in [-0.1, -0.05) is 30.0 Å². The van der Waals surface area contributed by atoms with Crippen molar-refractivity contribution in [3.63, 3.8) is 0 Å². The summed E-state index contributed by atoms with van der Waals surface area (Å²) in [6.07, 6.45) is 6.41. The predicted molar refractivity (Wildman–Crippen MR) is 141 cm³/mol. The number of fused-ring (bicyclic) bond motifs is 1. The number of nitrogens with zero attached hydrogens (tertiary/aromatic N) is 2. The average molecular weight is 532 g/mol. The van der Waals surface area contributed by atoms with Crippen LogP contribution >= 0.6 is 23.4 Å². The number of carbonyl (C=O) groups is 1. The van der Waals surface area contributed by atoms with Gasteiger partial charge in [0.25, 0.3) is 5.56 Å². The summed E-state index contributed by atoms with van der Waals surface area (Å²) in [5, 5.41) is 3.45. The van der Waals surface area contributed by atoms with Crippen LogP contribution in [0.25, 0.3) is 16.5 Å². The number of urea groups is 1. The van der Waals surface area contributed by atoms with Crippen LogP contribution in [0.3, 0.4) is 0 Å². The van der Waals surface area contributed by atoms with E-state index in [1.807, 2.05) is 0 Å². The minimum Gasteiger partial charge on any atom is -0.384 e. The Morgan fingerprint density at radius 1 is 1.26 bits per heavy atom. The molecule has 1 aliphatic rings. The van der Waals surface area contributed by atoms with E-state index in [0.717, 1.165) is 17.8 Å². The van der Waals surface area contributed by atoms with E-state index in [-0.39, 0.29) is 16.1 Å². The lowest BCUT2D eigenvalue weighted by molar-refractivity contribution is 0.257. The van der Waals surface area contributed by atoms with Crippen molar-refractivity contribution in [1.82, 2.24) is 9.29 Å². The number of anilines is 1. The number of halogens is 2. The minimum absolute atomic E-state index is 0.00819. The second-order valence-electron chi connectivity index (χ2n) is 7.23. The maximum Gasteiger partial charge on any atom is 0.331 e. The normalized spacial score (nSPS) is 16.6. The van der Waals surface area contributed by atoms with Crippen LogP contribution in [0.5, 0.6) is 0 Å². The average Bonchev–Trinajstić information content (AvgIpc) is 2.84. The fourth-order valence-corrected chi connectivity index (χ4v) is 5.70. The summed E-state index contributed by atoms with van der Waals surface area (Å²) in [6.45, 7) is 0. The highest BCUT2D eigenvalue weighted by Gasteiger charge is 2.18. The van der Waals surface area contributed by atoms with Gasteiger partial charge in [-0.3, -0.25) is 19.1 Å². The molecule has 8 nitrogen and oxygen atoms in total. The third-order valence-corrected chi connectivity index (χ3v) is 7.78. The number of alkyl halides is 1. The van der Waals surface area contributed by atoms with Gasteiger partial charge < -0.3 is 11.1 Å². The van der Waals surface area contributed by atoms with Gasteiger partial charge in [-0.05, 0) is 47.9 Å². The first-order chi connectivity index (χ1) is 16.8. The van der Waals surface area contributed by atoms with Gasteiger partial charge in [-0.15, -0.1) is 11.6 Å². The van der Waals surface area contributed by atoms with Gasteiger partial charge in [0, 0.05) is 29.9 Å². The van der Waals surface area contributed by atoms with E-state index < -0.39 is 28.4 Å². The van der Waals surface area contributed by atoms with Crippen LogP contribution in [0.2, 0.25) is 0 Å². The number of aliphatic imine (C=N–C) groups is 1. The Hall–Kier alpha value is -3.41. The molecule has 2 atom stereocenters. The van der Waals surface area contributed by atoms with Crippen molar-refractivity contribution >= 4 is 62.7 Å². The lowest BCUT2D eigenvalue weighted by atomic mass is 10.1. The van der Waals surface area contributed by atoms with E-state index in [2.05, 4.69) is 15.0 Å². The topological polar surface area (TPSA) is 119 Å². The maximum absolute atomic E-state index is 14.9. The number of benzene rings is 2. The maximum atomic E-state index is 14.9. The number of hydrogen-bond donors (Lipinski definition) is 3. The van der Waals surface area contributed by atoms with Crippen molar-refractivity contribution in [3.05, 3.63) is 92.9 Å². The van der Waals surface area contributed by atoms with Crippen molar-refractivity contribution < 1.29 is 13.4 Å². The van der Waals surface area contributed by atoms with E-state index in [0.29, 0.717) is 26.4 Å². The molecule has 2 amide bonds. The smallest absolute Gasteiger partial charge is 0.331 e. The number of nitrogens with two attached hydrogens (primary N) is 1. The number of allylic oxidation sites excluding steroid dienone is 2. The Labute approximate surface area is 211 Å². The number of amides is 2. The van der Waals surface area contributed by atoms with Gasteiger partial charge in [0.1, 0.15) is 16.4 Å². The van der Waals surface area contributed by atoms with Gasteiger partial charge in [0.15, 0.2) is 11.0 Å². The second kappa shape index (κ2) is 10.5. The van der Waals surface area contributed by atoms with Crippen molar-refractivity contribution in [2.45, 2.75) is 4.71 Å². The van der Waals surface area contributed by atoms with Gasteiger partial charge in [-0.2, -0.15) is 0 Å². The molecule has 2 aromatic carbocycles. The molecule has 4 rings (SSSR count). The number of rotatable bonds is 5. The molecule has 35 heavy (non-hydrogen) atoms. The Morgan fingerprint density at radius 3 is 2.77 bits per heavy atom. The highest BCUT2D eigenvalue weighted by molar-refractivity contribution is 8.17. The number of pyridine rings is 1. The molecule has 0 aliphatic carbocycles. The number of thioether (sulfide) groups is 1. The molecule has 180 valence electrons. The first-order valence-electron chi connectivity index (χ1n) is 10.1. The summed E-state index contributed by atoms with van der Waals surface area (Å²) in [7, 11) is -0.249. The van der Waals surface area contributed by atoms with Gasteiger partial charge in [-0.25, -0.2) is 13.4 Å². The minimum atomic E-state index is -1.82. The zero-order valence-electron chi connectivity index (χ0n) is 18.2. The van der Waals surface area contributed by atoms with Crippen molar-refractivity contribution in [2.24, 2.45) is 10.7 Å². The zero-order chi connectivity index (χ0) is 25.1. The van der Waals surface area contributed by atoms with E-state index >= 15 is 0 Å². The first kappa shape index (κ1) is 24.7. The summed E-state index contributed by atoms with van der Waals surface area (Å²) in [5.74, 6) is -0.391. The number of carbonyl (C=O) groups excluding carboxylic acids is 1. The van der Waals surface area contributed by atoms with Crippen molar-refractivity contribution in [3.8, 4) is 5.69 Å². The Kier molecular flexibility index (Phi) is 7.39. The van der Waals surface area contributed by atoms with E-state index in [1.54, 1.807) is 49.5 Å². The van der Waals surface area contributed by atoms with Crippen LogP contribution in [0.15, 0.2) is 80.9 Å². The molecule has 0 radical (unpaired) electrons. The van der Waals surface area contributed by atoms with Crippen molar-refractivity contribution in [2.75, 3.05) is 12.4 Å². The highest BCUT2D eigenvalue weighted by Crippen LogP contribution is 2.31. The third kappa shape index (κ3) is 5.47.